The monoisotopic (exact) mass is 339 g/mol. The molecule has 2 aromatic rings. The molecule has 3 heterocycles. The van der Waals surface area contributed by atoms with Crippen molar-refractivity contribution in [2.24, 2.45) is 17.8 Å². The van der Waals surface area contributed by atoms with Gasteiger partial charge in [0, 0.05) is 31.2 Å². The van der Waals surface area contributed by atoms with Crippen LogP contribution in [0.4, 0.5) is 5.82 Å². The van der Waals surface area contributed by atoms with E-state index in [-0.39, 0.29) is 0 Å². The predicted octanol–water partition coefficient (Wildman–Crippen LogP) is 2.72. The van der Waals surface area contributed by atoms with Crippen LogP contribution in [0.25, 0.3) is 11.0 Å². The number of amides is 1. The highest BCUT2D eigenvalue weighted by molar-refractivity contribution is 5.87. The third-order valence-electron chi connectivity index (χ3n) is 6.17. The number of aromatic amines is 1. The molecule has 132 valence electrons. The van der Waals surface area contributed by atoms with E-state index >= 15 is 0 Å². The first-order valence-electron chi connectivity index (χ1n) is 9.54. The first kappa shape index (κ1) is 15.2. The number of hydrogen-bond acceptors (Lipinski definition) is 4. The molecule has 1 saturated heterocycles. The molecular formula is C19H25N5O. The van der Waals surface area contributed by atoms with Gasteiger partial charge in [0.15, 0.2) is 0 Å². The number of piperidine rings is 1. The van der Waals surface area contributed by atoms with Gasteiger partial charge in [-0.15, -0.1) is 0 Å². The maximum Gasteiger partial charge on any atom is 0.225 e. The Balaban J connectivity index is 1.29. The van der Waals surface area contributed by atoms with Gasteiger partial charge in [0.2, 0.25) is 5.91 Å². The van der Waals surface area contributed by atoms with Crippen LogP contribution in [-0.2, 0) is 4.79 Å². The Morgan fingerprint density at radius 3 is 2.92 bits per heavy atom. The molecular weight excluding hydrogens is 314 g/mol. The number of aryl methyl sites for hydroxylation is 1. The van der Waals surface area contributed by atoms with Crippen molar-refractivity contribution in [1.29, 1.82) is 0 Å². The number of nitrogens with zero attached hydrogens (tertiary/aromatic N) is 3. The molecule has 5 rings (SSSR count). The van der Waals surface area contributed by atoms with Crippen LogP contribution in [0.15, 0.2) is 12.3 Å². The van der Waals surface area contributed by atoms with Crippen molar-refractivity contribution in [2.45, 2.75) is 45.1 Å². The zero-order valence-electron chi connectivity index (χ0n) is 14.7. The average molecular weight is 339 g/mol. The van der Waals surface area contributed by atoms with E-state index in [1.807, 2.05) is 19.2 Å². The van der Waals surface area contributed by atoms with Crippen LogP contribution in [0.1, 0.15) is 37.9 Å². The van der Waals surface area contributed by atoms with E-state index in [0.29, 0.717) is 23.8 Å². The third-order valence-corrected chi connectivity index (χ3v) is 6.17. The minimum Gasteiger partial charge on any atom is -0.367 e. The number of anilines is 1. The van der Waals surface area contributed by atoms with Crippen LogP contribution < -0.4 is 5.32 Å². The van der Waals surface area contributed by atoms with Crippen LogP contribution in [0.3, 0.4) is 0 Å². The van der Waals surface area contributed by atoms with Gasteiger partial charge in [-0.25, -0.2) is 9.97 Å². The minimum atomic E-state index is 0.345. The van der Waals surface area contributed by atoms with E-state index in [0.717, 1.165) is 67.4 Å². The summed E-state index contributed by atoms with van der Waals surface area (Å²) in [6.07, 6.45) is 7.60. The number of fused-ring (bicyclic) bond motifs is 2. The second kappa shape index (κ2) is 5.71. The molecule has 1 amide bonds. The van der Waals surface area contributed by atoms with E-state index in [2.05, 4.69) is 25.2 Å². The molecule has 6 heteroatoms. The van der Waals surface area contributed by atoms with Gasteiger partial charge in [-0.05, 0) is 56.9 Å². The summed E-state index contributed by atoms with van der Waals surface area (Å²) in [5.74, 6) is 3.87. The van der Waals surface area contributed by atoms with Gasteiger partial charge in [0.1, 0.15) is 17.3 Å². The maximum absolute atomic E-state index is 12.4. The van der Waals surface area contributed by atoms with Gasteiger partial charge in [-0.2, -0.15) is 0 Å². The lowest BCUT2D eigenvalue weighted by Crippen LogP contribution is -2.42. The van der Waals surface area contributed by atoms with Crippen LogP contribution in [-0.4, -0.2) is 44.9 Å². The molecule has 0 radical (unpaired) electrons. The van der Waals surface area contributed by atoms with E-state index < -0.39 is 0 Å². The average Bonchev–Trinajstić information content (AvgIpc) is 3.20. The van der Waals surface area contributed by atoms with E-state index in [4.69, 9.17) is 0 Å². The summed E-state index contributed by atoms with van der Waals surface area (Å²) in [5, 5.41) is 4.73. The summed E-state index contributed by atoms with van der Waals surface area (Å²) in [5.41, 5.74) is 0.895. The highest BCUT2D eigenvalue weighted by Crippen LogP contribution is 2.41. The number of hydrogen-bond donors (Lipinski definition) is 2. The summed E-state index contributed by atoms with van der Waals surface area (Å²) in [6, 6.07) is 2.48. The zero-order valence-corrected chi connectivity index (χ0v) is 14.7. The minimum absolute atomic E-state index is 0.345. The van der Waals surface area contributed by atoms with Crippen molar-refractivity contribution in [3.05, 3.63) is 18.1 Å². The first-order chi connectivity index (χ1) is 12.2. The fraction of sp³-hybridized carbons (Fsp3) is 0.632. The Hall–Kier alpha value is -2.11. The van der Waals surface area contributed by atoms with Gasteiger partial charge in [0.25, 0.3) is 0 Å². The highest BCUT2D eigenvalue weighted by atomic mass is 16.2. The Morgan fingerprint density at radius 2 is 2.08 bits per heavy atom. The summed E-state index contributed by atoms with van der Waals surface area (Å²) in [6.45, 7) is 3.85. The normalized spacial score (nSPS) is 29.0. The van der Waals surface area contributed by atoms with Gasteiger partial charge in [-0.1, -0.05) is 0 Å². The fourth-order valence-corrected chi connectivity index (χ4v) is 4.75. The number of H-pyrrole nitrogens is 1. The van der Waals surface area contributed by atoms with Crippen molar-refractivity contribution >= 4 is 22.8 Å². The summed E-state index contributed by atoms with van der Waals surface area (Å²) in [4.78, 5) is 26.7. The lowest BCUT2D eigenvalue weighted by Gasteiger charge is -2.35. The lowest BCUT2D eigenvalue weighted by atomic mass is 9.88. The van der Waals surface area contributed by atoms with Crippen LogP contribution in [0.5, 0.6) is 0 Å². The quantitative estimate of drug-likeness (QED) is 0.902. The SMILES string of the molecule is Cc1nc(N[C@@H]2C[C@@H]3CCN(C(=O)C4CC4)C[C@@H]3C2)c2cc[nH]c2n1. The number of rotatable bonds is 3. The molecule has 3 atom stereocenters. The molecule has 25 heavy (non-hydrogen) atoms. The topological polar surface area (TPSA) is 73.9 Å². The van der Waals surface area contributed by atoms with Gasteiger partial charge < -0.3 is 15.2 Å². The number of likely N-dealkylation sites (tertiary alicyclic amines) is 1. The summed E-state index contributed by atoms with van der Waals surface area (Å²) < 4.78 is 0. The van der Waals surface area contributed by atoms with Crippen LogP contribution in [0.2, 0.25) is 0 Å². The molecule has 3 aliphatic rings. The van der Waals surface area contributed by atoms with E-state index in [1.54, 1.807) is 0 Å². The van der Waals surface area contributed by atoms with Crippen molar-refractivity contribution < 1.29 is 4.79 Å². The highest BCUT2D eigenvalue weighted by Gasteiger charge is 2.42. The largest absolute Gasteiger partial charge is 0.367 e. The van der Waals surface area contributed by atoms with E-state index in [1.165, 1.54) is 6.42 Å². The second-order valence-electron chi connectivity index (χ2n) is 8.04. The van der Waals surface area contributed by atoms with Crippen molar-refractivity contribution in [2.75, 3.05) is 18.4 Å². The first-order valence-corrected chi connectivity index (χ1v) is 9.54. The molecule has 2 aliphatic carbocycles. The molecule has 0 unspecified atom stereocenters. The second-order valence-corrected chi connectivity index (χ2v) is 8.04. The van der Waals surface area contributed by atoms with Gasteiger partial charge >= 0.3 is 0 Å². The molecule has 0 spiro atoms. The number of nitrogens with one attached hydrogen (secondary N) is 2. The number of carbonyl (C=O) groups is 1. The predicted molar refractivity (Wildman–Crippen MR) is 96.2 cm³/mol. The van der Waals surface area contributed by atoms with E-state index in [9.17, 15) is 4.79 Å². The molecule has 2 N–H and O–H groups in total. The molecule has 0 aromatic carbocycles. The number of carbonyl (C=O) groups excluding carboxylic acids is 1. The van der Waals surface area contributed by atoms with Crippen molar-refractivity contribution in [3.63, 3.8) is 0 Å². The Labute approximate surface area is 147 Å². The van der Waals surface area contributed by atoms with Crippen LogP contribution in [0, 0.1) is 24.7 Å². The van der Waals surface area contributed by atoms with Crippen molar-refractivity contribution in [1.82, 2.24) is 19.9 Å². The smallest absolute Gasteiger partial charge is 0.225 e. The summed E-state index contributed by atoms with van der Waals surface area (Å²) in [7, 11) is 0. The number of aromatic nitrogens is 3. The molecule has 1 aliphatic heterocycles. The van der Waals surface area contributed by atoms with Gasteiger partial charge in [0.05, 0.1) is 5.39 Å². The molecule has 3 fully saturated rings. The zero-order chi connectivity index (χ0) is 17.0. The van der Waals surface area contributed by atoms with Crippen molar-refractivity contribution in [3.8, 4) is 0 Å². The Bertz CT molecular complexity index is 811. The molecule has 2 aromatic heterocycles. The standard InChI is InChI=1S/C19H25N5O/c1-11-21-17-16(4-6-20-17)18(22-11)23-15-8-13-5-7-24(10-14(13)9-15)19(25)12-2-3-12/h4,6,12-15H,2-3,5,7-10H2,1H3,(H2,20,21,22,23)/t13-,14-,15+/m0/s1. The lowest BCUT2D eigenvalue weighted by molar-refractivity contribution is -0.134. The maximum atomic E-state index is 12.4. The molecule has 2 saturated carbocycles. The molecule has 0 bridgehead atoms. The summed E-state index contributed by atoms with van der Waals surface area (Å²) >= 11 is 0. The molecule has 6 nitrogen and oxygen atoms in total. The van der Waals surface area contributed by atoms with Crippen LogP contribution >= 0.6 is 0 Å². The third kappa shape index (κ3) is 2.77. The van der Waals surface area contributed by atoms with Gasteiger partial charge in [-0.3, -0.25) is 4.79 Å². The Kier molecular flexibility index (Phi) is 3.47. The fourth-order valence-electron chi connectivity index (χ4n) is 4.75. The Morgan fingerprint density at radius 1 is 1.24 bits per heavy atom.